The smallest absolute Gasteiger partial charge is 0.227 e. The van der Waals surface area contributed by atoms with Gasteiger partial charge in [0.2, 0.25) is 5.91 Å². The van der Waals surface area contributed by atoms with Gasteiger partial charge in [-0.3, -0.25) is 9.78 Å². The van der Waals surface area contributed by atoms with Gasteiger partial charge in [-0.05, 0) is 30.2 Å². The van der Waals surface area contributed by atoms with Crippen molar-refractivity contribution >= 4 is 11.6 Å². The number of benzene rings is 1. The van der Waals surface area contributed by atoms with Gasteiger partial charge < -0.3 is 14.9 Å². The Morgan fingerprint density at radius 1 is 1.09 bits per heavy atom. The van der Waals surface area contributed by atoms with Crippen LogP contribution in [0.3, 0.4) is 0 Å². The Balaban J connectivity index is 1.52. The number of likely N-dealkylation sites (tertiary alicyclic amines) is 1. The van der Waals surface area contributed by atoms with E-state index in [1.807, 2.05) is 18.2 Å². The van der Waals surface area contributed by atoms with E-state index in [0.717, 1.165) is 24.3 Å². The number of aliphatic hydroxyl groups is 1. The topological polar surface area (TPSA) is 87.4 Å². The second-order valence-electron chi connectivity index (χ2n) is 10.8. The zero-order chi connectivity index (χ0) is 25.0. The maximum absolute atomic E-state index is 13.0. The fourth-order valence-corrected chi connectivity index (χ4v) is 5.82. The summed E-state index contributed by atoms with van der Waals surface area (Å²) in [4.78, 5) is 23.0. The van der Waals surface area contributed by atoms with Gasteiger partial charge in [0, 0.05) is 56.2 Å². The van der Waals surface area contributed by atoms with Crippen molar-refractivity contribution in [3.05, 3.63) is 71.3 Å². The van der Waals surface area contributed by atoms with E-state index in [1.165, 1.54) is 10.4 Å². The maximum Gasteiger partial charge on any atom is 0.227 e. The lowest BCUT2D eigenvalue weighted by atomic mass is 9.62. The predicted molar refractivity (Wildman–Crippen MR) is 134 cm³/mol. The van der Waals surface area contributed by atoms with Gasteiger partial charge in [-0.2, -0.15) is 15.0 Å². The van der Waals surface area contributed by atoms with Crippen molar-refractivity contribution in [2.45, 2.75) is 44.6 Å². The molecule has 184 valence electrons. The maximum atomic E-state index is 13.0. The fraction of sp³-hybridized carbons (Fsp3) is 0.481. The first kappa shape index (κ1) is 23.6. The summed E-state index contributed by atoms with van der Waals surface area (Å²) in [5, 5.41) is 21.0. The molecule has 1 unspecified atom stereocenters. The molecule has 2 aliphatic rings. The summed E-state index contributed by atoms with van der Waals surface area (Å²) in [5.74, 6) is 0.426. The molecule has 0 bridgehead atoms. The molecule has 5 rings (SSSR count). The Kier molecular flexibility index (Phi) is 5.76. The van der Waals surface area contributed by atoms with Crippen LogP contribution in [-0.4, -0.2) is 62.6 Å². The zero-order valence-electron chi connectivity index (χ0n) is 21.1. The summed E-state index contributed by atoms with van der Waals surface area (Å²) in [7, 11) is 3.84. The highest BCUT2D eigenvalue weighted by Crippen LogP contribution is 2.50. The van der Waals surface area contributed by atoms with E-state index in [0.29, 0.717) is 30.1 Å². The minimum absolute atomic E-state index is 0.0138. The average Bonchev–Trinajstić information content (AvgIpc) is 3.43. The van der Waals surface area contributed by atoms with Gasteiger partial charge in [-0.15, -0.1) is 0 Å². The minimum Gasteiger partial charge on any atom is -0.380 e. The lowest BCUT2D eigenvalue weighted by Crippen LogP contribution is -2.63. The molecule has 0 aliphatic carbocycles. The van der Waals surface area contributed by atoms with Crippen LogP contribution < -0.4 is 4.90 Å². The number of carbonyl (C=O) groups is 1. The number of carbonyl (C=O) groups excluding carboxylic acids is 1. The fourth-order valence-electron chi connectivity index (χ4n) is 5.82. The van der Waals surface area contributed by atoms with Crippen LogP contribution in [-0.2, 0) is 17.4 Å². The van der Waals surface area contributed by atoms with E-state index in [2.05, 4.69) is 60.0 Å². The first-order valence-electron chi connectivity index (χ1n) is 12.2. The van der Waals surface area contributed by atoms with E-state index >= 15 is 0 Å². The van der Waals surface area contributed by atoms with Crippen LogP contribution in [0.2, 0.25) is 0 Å². The Labute approximate surface area is 206 Å². The van der Waals surface area contributed by atoms with Gasteiger partial charge in [0.25, 0.3) is 0 Å². The molecule has 1 amide bonds. The van der Waals surface area contributed by atoms with Crippen LogP contribution in [0.25, 0.3) is 0 Å². The third-order valence-electron chi connectivity index (χ3n) is 7.72. The van der Waals surface area contributed by atoms with Crippen molar-refractivity contribution in [3.8, 4) is 0 Å². The molecule has 8 heteroatoms. The second kappa shape index (κ2) is 8.53. The van der Waals surface area contributed by atoms with Gasteiger partial charge in [0.05, 0.1) is 23.8 Å². The molecule has 4 heterocycles. The van der Waals surface area contributed by atoms with Crippen molar-refractivity contribution in [1.29, 1.82) is 0 Å². The highest BCUT2D eigenvalue weighted by atomic mass is 16.3. The van der Waals surface area contributed by atoms with Crippen LogP contribution >= 0.6 is 0 Å². The van der Waals surface area contributed by atoms with E-state index in [4.69, 9.17) is 0 Å². The Hall–Kier alpha value is -3.10. The van der Waals surface area contributed by atoms with Crippen molar-refractivity contribution in [2.75, 3.05) is 31.6 Å². The van der Waals surface area contributed by atoms with Gasteiger partial charge in [-0.25, -0.2) is 0 Å². The molecule has 1 aromatic carbocycles. The molecule has 2 fully saturated rings. The Morgan fingerprint density at radius 3 is 2.40 bits per heavy atom. The number of nitrogens with zero attached hydrogens (tertiary/aromatic N) is 6. The molecule has 3 aromatic rings. The van der Waals surface area contributed by atoms with E-state index < -0.39 is 11.0 Å². The Bertz CT molecular complexity index is 1230. The second-order valence-corrected chi connectivity index (χ2v) is 10.8. The molecule has 2 saturated heterocycles. The molecule has 8 nitrogen and oxygen atoms in total. The van der Waals surface area contributed by atoms with Gasteiger partial charge in [0.1, 0.15) is 5.60 Å². The monoisotopic (exact) mass is 474 g/mol. The molecule has 35 heavy (non-hydrogen) atoms. The number of amides is 1. The third-order valence-corrected chi connectivity index (χ3v) is 7.72. The summed E-state index contributed by atoms with van der Waals surface area (Å²) in [5.41, 5.74) is 2.67. The summed E-state index contributed by atoms with van der Waals surface area (Å²) in [6.07, 6.45) is 5.55. The first-order valence-corrected chi connectivity index (χ1v) is 12.2. The lowest BCUT2D eigenvalue weighted by Gasteiger charge is -2.56. The van der Waals surface area contributed by atoms with Crippen molar-refractivity contribution in [2.24, 2.45) is 12.5 Å². The van der Waals surface area contributed by atoms with Crippen LogP contribution in [0.1, 0.15) is 61.4 Å². The largest absolute Gasteiger partial charge is 0.380 e. The average molecular weight is 475 g/mol. The third kappa shape index (κ3) is 3.94. The number of pyridine rings is 1. The number of aryl methyl sites for hydroxylation is 1. The summed E-state index contributed by atoms with van der Waals surface area (Å²) < 4.78 is 0. The molecule has 1 N–H and O–H groups in total. The minimum atomic E-state index is -1.24. The lowest BCUT2D eigenvalue weighted by molar-refractivity contribution is -0.127. The molecule has 0 saturated carbocycles. The SMILES string of the molecule is CC(C)c1ccc([C@](O)(c2cncc(N3CC(c4cnn(C)n4)CC3=O)c2)C2(C)CN(C)C2)cc1. The zero-order valence-corrected chi connectivity index (χ0v) is 21.1. The van der Waals surface area contributed by atoms with E-state index in [9.17, 15) is 9.90 Å². The molecular weight excluding hydrogens is 440 g/mol. The molecule has 2 aliphatic heterocycles. The van der Waals surface area contributed by atoms with Crippen LogP contribution in [0, 0.1) is 5.41 Å². The highest BCUT2D eigenvalue weighted by Gasteiger charge is 2.55. The summed E-state index contributed by atoms with van der Waals surface area (Å²) in [6, 6.07) is 10.2. The summed E-state index contributed by atoms with van der Waals surface area (Å²) in [6.45, 7) is 8.50. The van der Waals surface area contributed by atoms with Crippen LogP contribution in [0.15, 0.2) is 48.9 Å². The number of hydrogen-bond donors (Lipinski definition) is 1. The summed E-state index contributed by atoms with van der Waals surface area (Å²) >= 11 is 0. The van der Waals surface area contributed by atoms with Crippen molar-refractivity contribution in [3.63, 3.8) is 0 Å². The number of rotatable bonds is 6. The molecule has 2 aromatic heterocycles. The molecular formula is C27H34N6O2. The first-order chi connectivity index (χ1) is 16.6. The van der Waals surface area contributed by atoms with Gasteiger partial charge in [0.15, 0.2) is 0 Å². The van der Waals surface area contributed by atoms with Gasteiger partial charge in [-0.1, -0.05) is 45.0 Å². The Morgan fingerprint density at radius 2 is 1.80 bits per heavy atom. The number of aromatic nitrogens is 4. The number of hydrogen-bond acceptors (Lipinski definition) is 6. The predicted octanol–water partition coefficient (Wildman–Crippen LogP) is 3.04. The van der Waals surface area contributed by atoms with Gasteiger partial charge >= 0.3 is 0 Å². The molecule has 0 radical (unpaired) electrons. The molecule has 2 atom stereocenters. The van der Waals surface area contributed by atoms with Crippen molar-refractivity contribution < 1.29 is 9.90 Å². The normalized spacial score (nSPS) is 21.9. The highest BCUT2D eigenvalue weighted by molar-refractivity contribution is 5.96. The van der Waals surface area contributed by atoms with Crippen LogP contribution in [0.5, 0.6) is 0 Å². The quantitative estimate of drug-likeness (QED) is 0.591. The van der Waals surface area contributed by atoms with E-state index in [1.54, 1.807) is 30.5 Å². The number of anilines is 1. The van der Waals surface area contributed by atoms with Crippen LogP contribution in [0.4, 0.5) is 5.69 Å². The molecule has 0 spiro atoms. The standard InChI is InChI=1S/C27H34N6O2/c1-18(2)19-6-8-21(9-7-19)27(35,26(3)16-31(4)17-26)22-11-23(13-28-12-22)33-15-20(10-25(33)34)24-14-29-32(5)30-24/h6-9,11-14,18,20,35H,10,15-17H2,1-5H3/t20?,27-/m0/s1. The van der Waals surface area contributed by atoms with E-state index in [-0.39, 0.29) is 11.8 Å². The van der Waals surface area contributed by atoms with Crippen molar-refractivity contribution in [1.82, 2.24) is 24.9 Å².